The Labute approximate surface area is 149 Å². The molecule has 0 unspecified atom stereocenters. The second-order valence-electron chi connectivity index (χ2n) is 5.19. The number of rotatable bonds is 6. The van der Waals surface area contributed by atoms with Crippen molar-refractivity contribution < 1.29 is 9.53 Å². The molecule has 1 N–H and O–H groups in total. The van der Waals surface area contributed by atoms with Crippen LogP contribution in [0.1, 0.15) is 23.1 Å². The fourth-order valence-electron chi connectivity index (χ4n) is 2.32. The number of hydrogen-bond donors (Lipinski definition) is 1. The van der Waals surface area contributed by atoms with Crippen LogP contribution in [-0.4, -0.2) is 37.8 Å². The molecule has 0 radical (unpaired) electrons. The number of ether oxygens (including phenoxy) is 1. The Morgan fingerprint density at radius 3 is 2.76 bits per heavy atom. The summed E-state index contributed by atoms with van der Waals surface area (Å²) >= 11 is 6.02. The van der Waals surface area contributed by atoms with Gasteiger partial charge in [-0.1, -0.05) is 16.8 Å². The van der Waals surface area contributed by atoms with E-state index in [2.05, 4.69) is 20.7 Å². The van der Waals surface area contributed by atoms with E-state index in [9.17, 15) is 4.79 Å². The van der Waals surface area contributed by atoms with Crippen LogP contribution in [0.4, 0.5) is 0 Å². The largest absolute Gasteiger partial charge is 0.497 e. The maximum absolute atomic E-state index is 12.3. The fraction of sp³-hybridized carbons (Fsp3) is 0.250. The van der Waals surface area contributed by atoms with Gasteiger partial charge >= 0.3 is 0 Å². The second-order valence-corrected chi connectivity index (χ2v) is 5.60. The fourth-order valence-corrected chi connectivity index (χ4v) is 2.55. The van der Waals surface area contributed by atoms with Crippen LogP contribution < -0.4 is 10.1 Å². The Morgan fingerprint density at radius 1 is 1.32 bits per heavy atom. The Bertz CT molecular complexity index is 871. The topological polar surface area (TPSA) is 86.9 Å². The number of aryl methyl sites for hydroxylation is 1. The van der Waals surface area contributed by atoms with E-state index in [-0.39, 0.29) is 12.5 Å². The number of nitrogens with one attached hydrogen (secondary N) is 1. The van der Waals surface area contributed by atoms with Crippen LogP contribution in [-0.2, 0) is 13.1 Å². The molecular weight excluding hydrogens is 344 g/mol. The van der Waals surface area contributed by atoms with Crippen molar-refractivity contribution in [2.75, 3.05) is 7.11 Å². The summed E-state index contributed by atoms with van der Waals surface area (Å²) in [6, 6.07) is 7.42. The van der Waals surface area contributed by atoms with E-state index < -0.39 is 0 Å². The summed E-state index contributed by atoms with van der Waals surface area (Å²) in [4.78, 5) is 12.3. The number of methoxy groups -OCH3 is 1. The maximum atomic E-state index is 12.3. The molecule has 3 rings (SSSR count). The van der Waals surface area contributed by atoms with E-state index in [0.717, 1.165) is 11.4 Å². The highest BCUT2D eigenvalue weighted by atomic mass is 35.5. The minimum absolute atomic E-state index is 0.236. The van der Waals surface area contributed by atoms with Gasteiger partial charge in [0.15, 0.2) is 0 Å². The lowest BCUT2D eigenvalue weighted by Gasteiger charge is -2.05. The van der Waals surface area contributed by atoms with Gasteiger partial charge in [-0.15, -0.1) is 5.10 Å². The standard InChI is InChI=1S/C16H17ClN6O2/c1-3-22-15(14(17)9-19-22)16(24)18-8-11-10-23(21-20-11)12-4-6-13(25-2)7-5-12/h4-7,9-10H,3,8H2,1-2H3,(H,18,24). The van der Waals surface area contributed by atoms with E-state index >= 15 is 0 Å². The highest BCUT2D eigenvalue weighted by Gasteiger charge is 2.17. The average molecular weight is 361 g/mol. The molecule has 2 aromatic heterocycles. The lowest BCUT2D eigenvalue weighted by atomic mass is 10.3. The number of aromatic nitrogens is 5. The molecule has 0 saturated heterocycles. The number of nitrogens with zero attached hydrogens (tertiary/aromatic N) is 5. The van der Waals surface area contributed by atoms with Crippen molar-refractivity contribution in [2.45, 2.75) is 20.0 Å². The molecular formula is C16H17ClN6O2. The molecule has 130 valence electrons. The van der Waals surface area contributed by atoms with Crippen LogP contribution in [0.2, 0.25) is 5.02 Å². The summed E-state index contributed by atoms with van der Waals surface area (Å²) in [5.41, 5.74) is 1.81. The Morgan fingerprint density at radius 2 is 2.08 bits per heavy atom. The SMILES string of the molecule is CCn1ncc(Cl)c1C(=O)NCc1cn(-c2ccc(OC)cc2)nn1. The molecule has 1 aromatic carbocycles. The number of carbonyl (C=O) groups excluding carboxylic acids is 1. The lowest BCUT2D eigenvalue weighted by molar-refractivity contribution is 0.0940. The first-order valence-electron chi connectivity index (χ1n) is 7.67. The lowest BCUT2D eigenvalue weighted by Crippen LogP contribution is -2.26. The highest BCUT2D eigenvalue weighted by molar-refractivity contribution is 6.33. The molecule has 2 heterocycles. The van der Waals surface area contributed by atoms with Gasteiger partial charge in [-0.2, -0.15) is 5.10 Å². The zero-order valence-corrected chi connectivity index (χ0v) is 14.6. The van der Waals surface area contributed by atoms with Crippen LogP contribution in [0.25, 0.3) is 5.69 Å². The molecule has 3 aromatic rings. The van der Waals surface area contributed by atoms with Crippen molar-refractivity contribution in [3.63, 3.8) is 0 Å². The Kier molecular flexibility index (Phi) is 4.99. The molecule has 0 bridgehead atoms. The number of benzene rings is 1. The third-order valence-corrected chi connectivity index (χ3v) is 3.89. The van der Waals surface area contributed by atoms with E-state index in [1.807, 2.05) is 31.2 Å². The third-order valence-electron chi connectivity index (χ3n) is 3.62. The van der Waals surface area contributed by atoms with Crippen LogP contribution in [0, 0.1) is 0 Å². The summed E-state index contributed by atoms with van der Waals surface area (Å²) in [5.74, 6) is 0.462. The summed E-state index contributed by atoms with van der Waals surface area (Å²) in [7, 11) is 1.61. The van der Waals surface area contributed by atoms with Crippen molar-refractivity contribution in [3.8, 4) is 11.4 Å². The second kappa shape index (κ2) is 7.35. The molecule has 0 saturated carbocycles. The average Bonchev–Trinajstić information content (AvgIpc) is 3.26. The number of amides is 1. The number of carbonyl (C=O) groups is 1. The van der Waals surface area contributed by atoms with Crippen molar-refractivity contribution in [1.29, 1.82) is 0 Å². The van der Waals surface area contributed by atoms with Crippen LogP contribution in [0.15, 0.2) is 36.7 Å². The van der Waals surface area contributed by atoms with Crippen LogP contribution >= 0.6 is 11.6 Å². The smallest absolute Gasteiger partial charge is 0.271 e. The molecule has 0 aliphatic carbocycles. The number of hydrogen-bond acceptors (Lipinski definition) is 5. The zero-order valence-electron chi connectivity index (χ0n) is 13.8. The number of halogens is 1. The molecule has 9 heteroatoms. The molecule has 0 atom stereocenters. The van der Waals surface area contributed by atoms with Gasteiger partial charge in [-0.05, 0) is 31.2 Å². The molecule has 0 aliphatic heterocycles. The van der Waals surface area contributed by atoms with Gasteiger partial charge in [0.05, 0.1) is 36.8 Å². The molecule has 8 nitrogen and oxygen atoms in total. The van der Waals surface area contributed by atoms with Crippen molar-refractivity contribution >= 4 is 17.5 Å². The summed E-state index contributed by atoms with van der Waals surface area (Å²) in [5, 5.41) is 15.3. The van der Waals surface area contributed by atoms with E-state index in [1.54, 1.807) is 22.7 Å². The summed E-state index contributed by atoms with van der Waals surface area (Å²) in [6.07, 6.45) is 3.21. The van der Waals surface area contributed by atoms with Gasteiger partial charge < -0.3 is 10.1 Å². The predicted octanol–water partition coefficient (Wildman–Crippen LogP) is 2.08. The quantitative estimate of drug-likeness (QED) is 0.727. The van der Waals surface area contributed by atoms with Gasteiger partial charge in [-0.25, -0.2) is 4.68 Å². The summed E-state index contributed by atoms with van der Waals surface area (Å²) < 4.78 is 8.31. The first-order chi connectivity index (χ1) is 12.1. The molecule has 0 fully saturated rings. The van der Waals surface area contributed by atoms with E-state index in [1.165, 1.54) is 6.20 Å². The minimum Gasteiger partial charge on any atom is -0.497 e. The van der Waals surface area contributed by atoms with E-state index in [0.29, 0.717) is 23.0 Å². The predicted molar refractivity (Wildman–Crippen MR) is 92.0 cm³/mol. The van der Waals surface area contributed by atoms with Crippen molar-refractivity contribution in [1.82, 2.24) is 30.1 Å². The maximum Gasteiger partial charge on any atom is 0.271 e. The molecule has 0 spiro atoms. The van der Waals surface area contributed by atoms with Crippen LogP contribution in [0.3, 0.4) is 0 Å². The normalized spacial score (nSPS) is 10.7. The van der Waals surface area contributed by atoms with Crippen LogP contribution in [0.5, 0.6) is 5.75 Å². The van der Waals surface area contributed by atoms with Gasteiger partial charge in [0, 0.05) is 6.54 Å². The molecule has 25 heavy (non-hydrogen) atoms. The first-order valence-corrected chi connectivity index (χ1v) is 8.05. The zero-order chi connectivity index (χ0) is 17.8. The monoisotopic (exact) mass is 360 g/mol. The van der Waals surface area contributed by atoms with Gasteiger partial charge in [0.25, 0.3) is 5.91 Å². The molecule has 0 aliphatic rings. The first kappa shape index (κ1) is 17.0. The van der Waals surface area contributed by atoms with Gasteiger partial charge in [0.2, 0.25) is 0 Å². The van der Waals surface area contributed by atoms with Crippen molar-refractivity contribution in [3.05, 3.63) is 53.1 Å². The third kappa shape index (κ3) is 3.63. The van der Waals surface area contributed by atoms with Gasteiger partial charge in [-0.3, -0.25) is 9.48 Å². The minimum atomic E-state index is -0.302. The Hall–Kier alpha value is -2.87. The Balaban J connectivity index is 1.67. The van der Waals surface area contributed by atoms with E-state index in [4.69, 9.17) is 16.3 Å². The highest BCUT2D eigenvalue weighted by Crippen LogP contribution is 2.16. The van der Waals surface area contributed by atoms with Gasteiger partial charge in [0.1, 0.15) is 17.1 Å². The van der Waals surface area contributed by atoms with Crippen molar-refractivity contribution in [2.24, 2.45) is 0 Å². The molecule has 1 amide bonds. The summed E-state index contributed by atoms with van der Waals surface area (Å²) in [6.45, 7) is 2.68.